The van der Waals surface area contributed by atoms with Crippen LogP contribution in [0.2, 0.25) is 0 Å². The van der Waals surface area contributed by atoms with Crippen LogP contribution in [0, 0.1) is 11.9 Å². The summed E-state index contributed by atoms with van der Waals surface area (Å²) in [5, 5.41) is 6.27. The molecule has 0 bridgehead atoms. The average molecular weight is 459 g/mol. The molecule has 164 valence electrons. The van der Waals surface area contributed by atoms with Gasteiger partial charge in [0.05, 0.1) is 0 Å². The topological polar surface area (TPSA) is 57.3 Å². The van der Waals surface area contributed by atoms with Gasteiger partial charge in [0.2, 0.25) is 17.8 Å². The van der Waals surface area contributed by atoms with E-state index in [1.807, 2.05) is 12.1 Å². The predicted octanol–water partition coefficient (Wildman–Crippen LogP) is 2.82. The molecule has 9 heteroatoms. The fourth-order valence-corrected chi connectivity index (χ4v) is 4.64. The van der Waals surface area contributed by atoms with E-state index in [4.69, 9.17) is 0 Å². The summed E-state index contributed by atoms with van der Waals surface area (Å²) in [7, 11) is 0. The largest absolute Gasteiger partial charge is 0.350 e. The monoisotopic (exact) mass is 458 g/mol. The number of rotatable bonds is 4. The summed E-state index contributed by atoms with van der Waals surface area (Å²) in [6.07, 6.45) is 0.634. The van der Waals surface area contributed by atoms with Gasteiger partial charge in [0.25, 0.3) is 0 Å². The summed E-state index contributed by atoms with van der Waals surface area (Å²) in [5.74, 6) is -1.85. The van der Waals surface area contributed by atoms with Gasteiger partial charge in [-0.05, 0) is 28.8 Å². The van der Waals surface area contributed by atoms with Crippen LogP contribution in [0.25, 0.3) is 0 Å². The molecule has 5 nitrogen and oxygen atoms in total. The molecule has 2 atom stereocenters. The Bertz CT molecular complexity index is 875. The number of piperazine rings is 1. The minimum atomic E-state index is -0.886. The van der Waals surface area contributed by atoms with Crippen molar-refractivity contribution in [1.82, 2.24) is 20.5 Å². The Hall–Kier alpha value is -1.80. The Morgan fingerprint density at radius 2 is 1.83 bits per heavy atom. The molecular weight excluding hydrogens is 433 g/mol. The van der Waals surface area contributed by atoms with Crippen LogP contribution in [0.15, 0.2) is 36.4 Å². The second-order valence-corrected chi connectivity index (χ2v) is 7.56. The molecule has 1 amide bonds. The van der Waals surface area contributed by atoms with Crippen molar-refractivity contribution in [2.24, 2.45) is 0 Å². The predicted molar refractivity (Wildman–Crippen MR) is 116 cm³/mol. The summed E-state index contributed by atoms with van der Waals surface area (Å²) in [5.41, 5.74) is 2.04. The van der Waals surface area contributed by atoms with Crippen molar-refractivity contribution in [3.63, 3.8) is 0 Å². The number of hydrogen-bond donors (Lipinski definition) is 2. The number of fused-ring (bicyclic) bond motifs is 1. The van der Waals surface area contributed by atoms with Gasteiger partial charge in [-0.1, -0.05) is 31.2 Å². The van der Waals surface area contributed by atoms with E-state index in [1.54, 1.807) is 0 Å². The standard InChI is InChI=1S/C21H24F2N4O.2ClH/c1-14-17-5-3-2-4-16(17)12-21(14,27-8-6-24-7-9-27)20(28)25-13-15-10-18(22)26-19(23)11-15;;/h2-5,10-11,14,24H,6-9,12-13H2,1H3,(H,25,28);2*1H. The van der Waals surface area contributed by atoms with Crippen molar-refractivity contribution in [1.29, 1.82) is 0 Å². The first-order valence-corrected chi connectivity index (χ1v) is 9.64. The van der Waals surface area contributed by atoms with E-state index in [1.165, 1.54) is 11.1 Å². The van der Waals surface area contributed by atoms with Crippen molar-refractivity contribution in [2.45, 2.75) is 31.3 Å². The van der Waals surface area contributed by atoms with Gasteiger partial charge in [0, 0.05) is 45.1 Å². The molecule has 1 aliphatic carbocycles. The second kappa shape index (κ2) is 10.0. The molecule has 0 spiro atoms. The van der Waals surface area contributed by atoms with E-state index >= 15 is 0 Å². The Morgan fingerprint density at radius 3 is 2.47 bits per heavy atom. The maximum Gasteiger partial charge on any atom is 0.241 e. The maximum atomic E-state index is 13.5. The van der Waals surface area contributed by atoms with Crippen molar-refractivity contribution >= 4 is 30.7 Å². The van der Waals surface area contributed by atoms with Crippen LogP contribution in [0.4, 0.5) is 8.78 Å². The van der Waals surface area contributed by atoms with Gasteiger partial charge in [-0.2, -0.15) is 13.8 Å². The number of carbonyl (C=O) groups is 1. The Balaban J connectivity index is 0.00000160. The summed E-state index contributed by atoms with van der Waals surface area (Å²) in [6, 6.07) is 10.5. The highest BCUT2D eigenvalue weighted by Gasteiger charge is 2.53. The van der Waals surface area contributed by atoms with E-state index < -0.39 is 17.4 Å². The van der Waals surface area contributed by atoms with Crippen LogP contribution >= 0.6 is 24.8 Å². The molecule has 2 heterocycles. The van der Waals surface area contributed by atoms with E-state index in [-0.39, 0.29) is 43.2 Å². The molecule has 2 aliphatic rings. The lowest BCUT2D eigenvalue weighted by Gasteiger charge is -2.45. The molecule has 1 aromatic carbocycles. The van der Waals surface area contributed by atoms with Gasteiger partial charge in [0.15, 0.2) is 0 Å². The second-order valence-electron chi connectivity index (χ2n) is 7.56. The lowest BCUT2D eigenvalue weighted by atomic mass is 9.82. The maximum absolute atomic E-state index is 13.5. The quantitative estimate of drug-likeness (QED) is 0.691. The highest BCUT2D eigenvalue weighted by atomic mass is 35.5. The molecule has 0 saturated carbocycles. The van der Waals surface area contributed by atoms with Crippen LogP contribution in [0.1, 0.15) is 29.5 Å². The lowest BCUT2D eigenvalue weighted by Crippen LogP contribution is -2.64. The van der Waals surface area contributed by atoms with Crippen LogP contribution in [-0.4, -0.2) is 47.5 Å². The minimum Gasteiger partial charge on any atom is -0.350 e. The summed E-state index contributed by atoms with van der Waals surface area (Å²) in [4.78, 5) is 18.9. The normalized spacial score (nSPS) is 23.1. The molecule has 4 rings (SSSR count). The van der Waals surface area contributed by atoms with E-state index in [2.05, 4.69) is 39.6 Å². The molecule has 1 aromatic heterocycles. The lowest BCUT2D eigenvalue weighted by molar-refractivity contribution is -0.135. The van der Waals surface area contributed by atoms with Crippen molar-refractivity contribution in [3.8, 4) is 0 Å². The van der Waals surface area contributed by atoms with E-state index in [0.717, 1.165) is 38.3 Å². The number of nitrogens with zero attached hydrogens (tertiary/aromatic N) is 2. The first-order chi connectivity index (χ1) is 13.5. The zero-order chi connectivity index (χ0) is 19.7. The third-order valence-corrected chi connectivity index (χ3v) is 6.05. The fraction of sp³-hybridized carbons (Fsp3) is 0.429. The highest BCUT2D eigenvalue weighted by molar-refractivity contribution is 5.89. The number of pyridine rings is 1. The molecule has 0 radical (unpaired) electrons. The van der Waals surface area contributed by atoms with E-state index in [0.29, 0.717) is 12.0 Å². The Morgan fingerprint density at radius 1 is 1.20 bits per heavy atom. The molecule has 30 heavy (non-hydrogen) atoms. The number of hydrogen-bond acceptors (Lipinski definition) is 4. The van der Waals surface area contributed by atoms with Crippen molar-refractivity contribution in [3.05, 3.63) is 65.0 Å². The minimum absolute atomic E-state index is 0. The summed E-state index contributed by atoms with van der Waals surface area (Å²) in [6.45, 7) is 5.39. The number of nitrogens with one attached hydrogen (secondary N) is 2. The van der Waals surface area contributed by atoms with Crippen molar-refractivity contribution in [2.75, 3.05) is 26.2 Å². The van der Waals surface area contributed by atoms with E-state index in [9.17, 15) is 13.6 Å². The summed E-state index contributed by atoms with van der Waals surface area (Å²) >= 11 is 0. The van der Waals surface area contributed by atoms with Crippen molar-refractivity contribution < 1.29 is 13.6 Å². The van der Waals surface area contributed by atoms with Gasteiger partial charge in [-0.3, -0.25) is 9.69 Å². The van der Waals surface area contributed by atoms with Crippen LogP contribution in [0.3, 0.4) is 0 Å². The zero-order valence-electron chi connectivity index (χ0n) is 16.7. The first kappa shape index (κ1) is 24.5. The first-order valence-electron chi connectivity index (χ1n) is 9.64. The van der Waals surface area contributed by atoms with Gasteiger partial charge in [0.1, 0.15) is 5.54 Å². The number of carbonyl (C=O) groups excluding carboxylic acids is 1. The number of amides is 1. The SMILES string of the molecule is CC1c2ccccc2CC1(C(=O)NCc1cc(F)nc(F)c1)N1CCNCC1.Cl.Cl. The van der Waals surface area contributed by atoms with Gasteiger partial charge in [-0.25, -0.2) is 0 Å². The molecule has 2 N–H and O–H groups in total. The Labute approximate surface area is 187 Å². The van der Waals surface area contributed by atoms with Gasteiger partial charge >= 0.3 is 0 Å². The highest BCUT2D eigenvalue weighted by Crippen LogP contribution is 2.44. The molecule has 1 saturated heterocycles. The third kappa shape index (κ3) is 4.44. The van der Waals surface area contributed by atoms with Gasteiger partial charge < -0.3 is 10.6 Å². The Kier molecular flexibility index (Phi) is 8.16. The fourth-order valence-electron chi connectivity index (χ4n) is 4.64. The molecular formula is C21H26Cl2F2N4O. The molecule has 1 fully saturated rings. The number of benzene rings is 1. The van der Waals surface area contributed by atoms with Gasteiger partial charge in [-0.15, -0.1) is 24.8 Å². The third-order valence-electron chi connectivity index (χ3n) is 6.05. The average Bonchev–Trinajstić information content (AvgIpc) is 3.00. The van der Waals surface area contributed by atoms with Crippen LogP contribution < -0.4 is 10.6 Å². The van der Waals surface area contributed by atoms with Crippen LogP contribution in [0.5, 0.6) is 0 Å². The smallest absolute Gasteiger partial charge is 0.241 e. The summed E-state index contributed by atoms with van der Waals surface area (Å²) < 4.78 is 26.8. The molecule has 2 aromatic rings. The molecule has 2 unspecified atom stereocenters. The zero-order valence-corrected chi connectivity index (χ0v) is 18.3. The number of halogens is 4. The van der Waals surface area contributed by atoms with Crippen LogP contribution in [-0.2, 0) is 17.8 Å². The number of aromatic nitrogens is 1. The molecule has 1 aliphatic heterocycles.